The Hall–Kier alpha value is -2.41. The lowest BCUT2D eigenvalue weighted by Crippen LogP contribution is -2.45. The zero-order chi connectivity index (χ0) is 21.9. The minimum absolute atomic E-state index is 0.0504. The summed E-state index contributed by atoms with van der Waals surface area (Å²) in [6, 6.07) is 9.15. The second-order valence-corrected chi connectivity index (χ2v) is 8.75. The molecule has 0 spiro atoms. The average molecular weight is 439 g/mol. The summed E-state index contributed by atoms with van der Waals surface area (Å²) in [5.74, 6) is -0.274. The van der Waals surface area contributed by atoms with Gasteiger partial charge in [-0.05, 0) is 39.0 Å². The minimum Gasteiger partial charge on any atom is -0.473 e. The number of hydrogen-bond acceptors (Lipinski definition) is 4. The maximum atomic E-state index is 15.6. The predicted octanol–water partition coefficient (Wildman–Crippen LogP) is 5.65. The SMILES string of the molecule is CC(C)(C)OC(=O)N1CCC(F)(c2cccc(OCc3ccc(Cl)cc3F)n2)CC1. The molecule has 1 aliphatic rings. The normalized spacial score (nSPS) is 16.3. The third-order valence-electron chi connectivity index (χ3n) is 4.78. The molecule has 1 aliphatic heterocycles. The van der Waals surface area contributed by atoms with Crippen molar-refractivity contribution in [2.24, 2.45) is 0 Å². The summed E-state index contributed by atoms with van der Waals surface area (Å²) in [7, 11) is 0. The fourth-order valence-corrected chi connectivity index (χ4v) is 3.32. The van der Waals surface area contributed by atoms with E-state index in [1.54, 1.807) is 45.0 Å². The predicted molar refractivity (Wildman–Crippen MR) is 110 cm³/mol. The average Bonchev–Trinajstić information content (AvgIpc) is 2.67. The summed E-state index contributed by atoms with van der Waals surface area (Å²) >= 11 is 5.75. The van der Waals surface area contributed by atoms with E-state index in [1.807, 2.05) is 0 Å². The lowest BCUT2D eigenvalue weighted by atomic mass is 9.90. The number of rotatable bonds is 4. The van der Waals surface area contributed by atoms with E-state index in [2.05, 4.69) is 4.98 Å². The zero-order valence-corrected chi connectivity index (χ0v) is 18.0. The van der Waals surface area contributed by atoms with E-state index in [1.165, 1.54) is 17.0 Å². The first kappa shape index (κ1) is 22.3. The van der Waals surface area contributed by atoms with E-state index in [9.17, 15) is 9.18 Å². The van der Waals surface area contributed by atoms with E-state index >= 15 is 4.39 Å². The Balaban J connectivity index is 1.63. The first-order chi connectivity index (χ1) is 14.1. The Bertz CT molecular complexity index is 909. The second kappa shape index (κ2) is 8.76. The number of carbonyl (C=O) groups excluding carboxylic acids is 1. The van der Waals surface area contributed by atoms with Crippen LogP contribution in [0.3, 0.4) is 0 Å². The van der Waals surface area contributed by atoms with Gasteiger partial charge in [0.2, 0.25) is 5.88 Å². The molecule has 0 atom stereocenters. The standard InChI is InChI=1S/C22H25ClF2N2O3/c1-21(2,3)30-20(28)27-11-9-22(25,10-12-27)18-5-4-6-19(26-18)29-14-15-7-8-16(23)13-17(15)24/h4-8,13H,9-12,14H2,1-3H3. The summed E-state index contributed by atoms with van der Waals surface area (Å²) in [6.07, 6.45) is -0.234. The Morgan fingerprint density at radius 2 is 1.93 bits per heavy atom. The monoisotopic (exact) mass is 438 g/mol. The Morgan fingerprint density at radius 1 is 1.23 bits per heavy atom. The Morgan fingerprint density at radius 3 is 2.57 bits per heavy atom. The summed E-state index contributed by atoms with van der Waals surface area (Å²) in [4.78, 5) is 18.0. The van der Waals surface area contributed by atoms with Crippen molar-refractivity contribution >= 4 is 17.7 Å². The maximum Gasteiger partial charge on any atom is 0.410 e. The van der Waals surface area contributed by atoms with Crippen LogP contribution in [0.15, 0.2) is 36.4 Å². The molecule has 8 heteroatoms. The van der Waals surface area contributed by atoms with Gasteiger partial charge in [0.1, 0.15) is 18.0 Å². The first-order valence-corrected chi connectivity index (χ1v) is 10.1. The van der Waals surface area contributed by atoms with Gasteiger partial charge in [-0.15, -0.1) is 0 Å². The highest BCUT2D eigenvalue weighted by Crippen LogP contribution is 2.37. The largest absolute Gasteiger partial charge is 0.473 e. The molecule has 0 N–H and O–H groups in total. The van der Waals surface area contributed by atoms with Crippen molar-refractivity contribution in [2.45, 2.75) is 51.5 Å². The van der Waals surface area contributed by atoms with Gasteiger partial charge in [0.25, 0.3) is 0 Å². The molecule has 1 aromatic carbocycles. The maximum absolute atomic E-state index is 15.6. The highest BCUT2D eigenvalue weighted by atomic mass is 35.5. The van der Waals surface area contributed by atoms with Crippen LogP contribution in [0.4, 0.5) is 13.6 Å². The zero-order valence-electron chi connectivity index (χ0n) is 17.3. The van der Waals surface area contributed by atoms with Crippen LogP contribution < -0.4 is 4.74 Å². The Labute approximate surface area is 179 Å². The topological polar surface area (TPSA) is 51.7 Å². The number of amides is 1. The molecule has 0 unspecified atom stereocenters. The number of halogens is 3. The molecule has 0 bridgehead atoms. The number of nitrogens with zero attached hydrogens (tertiary/aromatic N) is 2. The molecule has 2 aromatic rings. The van der Waals surface area contributed by atoms with Crippen molar-refractivity contribution in [1.29, 1.82) is 0 Å². The van der Waals surface area contributed by atoms with E-state index in [0.717, 1.165) is 0 Å². The molecule has 162 valence electrons. The van der Waals surface area contributed by atoms with Crippen LogP contribution in [0.1, 0.15) is 44.9 Å². The molecule has 1 aromatic heterocycles. The van der Waals surface area contributed by atoms with Crippen molar-refractivity contribution in [3.63, 3.8) is 0 Å². The van der Waals surface area contributed by atoms with Gasteiger partial charge >= 0.3 is 6.09 Å². The lowest BCUT2D eigenvalue weighted by Gasteiger charge is -2.36. The van der Waals surface area contributed by atoms with Gasteiger partial charge in [0, 0.05) is 42.6 Å². The highest BCUT2D eigenvalue weighted by molar-refractivity contribution is 6.30. The number of likely N-dealkylation sites (tertiary alicyclic amines) is 1. The van der Waals surface area contributed by atoms with Gasteiger partial charge in [0.15, 0.2) is 5.67 Å². The molecule has 0 aliphatic carbocycles. The van der Waals surface area contributed by atoms with Crippen LogP contribution >= 0.6 is 11.6 Å². The molecule has 1 fully saturated rings. The molecule has 2 heterocycles. The molecule has 5 nitrogen and oxygen atoms in total. The molecule has 1 amide bonds. The third kappa shape index (κ3) is 5.59. The fourth-order valence-electron chi connectivity index (χ4n) is 3.16. The van der Waals surface area contributed by atoms with Gasteiger partial charge in [-0.2, -0.15) is 0 Å². The van der Waals surface area contributed by atoms with Gasteiger partial charge in [-0.3, -0.25) is 0 Å². The molecule has 3 rings (SSSR count). The van der Waals surface area contributed by atoms with Crippen molar-refractivity contribution in [3.8, 4) is 5.88 Å². The van der Waals surface area contributed by atoms with E-state index in [-0.39, 0.29) is 44.1 Å². The van der Waals surface area contributed by atoms with Gasteiger partial charge in [-0.1, -0.05) is 23.7 Å². The van der Waals surface area contributed by atoms with Gasteiger partial charge in [-0.25, -0.2) is 18.6 Å². The molecule has 30 heavy (non-hydrogen) atoms. The Kier molecular flexibility index (Phi) is 6.50. The fraction of sp³-hybridized carbons (Fsp3) is 0.455. The van der Waals surface area contributed by atoms with E-state index in [0.29, 0.717) is 10.6 Å². The number of benzene rings is 1. The van der Waals surface area contributed by atoms with Crippen LogP contribution in [0, 0.1) is 5.82 Å². The lowest BCUT2D eigenvalue weighted by molar-refractivity contribution is 0.00110. The van der Waals surface area contributed by atoms with Crippen molar-refractivity contribution in [3.05, 3.63) is 58.5 Å². The smallest absolute Gasteiger partial charge is 0.410 e. The van der Waals surface area contributed by atoms with Crippen molar-refractivity contribution < 1.29 is 23.0 Å². The van der Waals surface area contributed by atoms with Crippen molar-refractivity contribution in [2.75, 3.05) is 13.1 Å². The second-order valence-electron chi connectivity index (χ2n) is 8.32. The van der Waals surface area contributed by atoms with Crippen LogP contribution in [0.5, 0.6) is 5.88 Å². The summed E-state index contributed by atoms with van der Waals surface area (Å²) in [5.41, 5.74) is -1.71. The number of piperidine rings is 1. The molecule has 1 saturated heterocycles. The van der Waals surface area contributed by atoms with Crippen LogP contribution in [-0.4, -0.2) is 34.7 Å². The highest BCUT2D eigenvalue weighted by Gasteiger charge is 2.40. The van der Waals surface area contributed by atoms with Gasteiger partial charge < -0.3 is 14.4 Å². The third-order valence-corrected chi connectivity index (χ3v) is 5.02. The van der Waals surface area contributed by atoms with Crippen LogP contribution in [-0.2, 0) is 17.0 Å². The van der Waals surface area contributed by atoms with E-state index in [4.69, 9.17) is 21.1 Å². The van der Waals surface area contributed by atoms with Gasteiger partial charge in [0.05, 0.1) is 5.69 Å². The van der Waals surface area contributed by atoms with Crippen LogP contribution in [0.2, 0.25) is 5.02 Å². The van der Waals surface area contributed by atoms with Crippen molar-refractivity contribution in [1.82, 2.24) is 9.88 Å². The number of ether oxygens (including phenoxy) is 2. The van der Waals surface area contributed by atoms with E-state index < -0.39 is 23.2 Å². The number of alkyl halides is 1. The summed E-state index contributed by atoms with van der Waals surface area (Å²) in [6.45, 7) is 5.78. The van der Waals surface area contributed by atoms with Crippen LogP contribution in [0.25, 0.3) is 0 Å². The number of hydrogen-bond donors (Lipinski definition) is 0. The number of pyridine rings is 1. The molecular weight excluding hydrogens is 414 g/mol. The number of aromatic nitrogens is 1. The summed E-state index contributed by atoms with van der Waals surface area (Å²) in [5, 5.41) is 0.300. The number of carbonyl (C=O) groups is 1. The minimum atomic E-state index is -1.68. The first-order valence-electron chi connectivity index (χ1n) is 9.77. The molecule has 0 radical (unpaired) electrons. The molecular formula is C22H25ClF2N2O3. The molecule has 0 saturated carbocycles. The quantitative estimate of drug-likeness (QED) is 0.619. The summed E-state index contributed by atoms with van der Waals surface area (Å²) < 4.78 is 40.4.